The summed E-state index contributed by atoms with van der Waals surface area (Å²) in [4.78, 5) is 44.0. The number of nitro benzene ring substituents is 1. The maximum atomic E-state index is 14.0. The van der Waals surface area contributed by atoms with Crippen molar-refractivity contribution in [3.8, 4) is 11.5 Å². The summed E-state index contributed by atoms with van der Waals surface area (Å²) in [6.45, 7) is 5.51. The van der Waals surface area contributed by atoms with Crippen molar-refractivity contribution in [3.05, 3.63) is 124 Å². The van der Waals surface area contributed by atoms with Gasteiger partial charge in [-0.15, -0.1) is 11.8 Å². The number of benzene rings is 3. The normalized spacial score (nSPS) is 14.6. The van der Waals surface area contributed by atoms with Crippen LogP contribution >= 0.6 is 23.1 Å². The Morgan fingerprint density at radius 1 is 1.11 bits per heavy atom. The first kappa shape index (κ1) is 31.7. The van der Waals surface area contributed by atoms with Crippen molar-refractivity contribution < 1.29 is 23.9 Å². The quantitative estimate of drug-likeness (QED) is 0.0972. The zero-order chi connectivity index (χ0) is 32.2. The van der Waals surface area contributed by atoms with Crippen molar-refractivity contribution >= 4 is 40.8 Å². The van der Waals surface area contributed by atoms with Gasteiger partial charge in [-0.3, -0.25) is 19.5 Å². The van der Waals surface area contributed by atoms with Crippen molar-refractivity contribution in [1.82, 2.24) is 4.57 Å². The summed E-state index contributed by atoms with van der Waals surface area (Å²) in [6, 6.07) is 18.5. The van der Waals surface area contributed by atoms with Crippen molar-refractivity contribution in [3.63, 3.8) is 0 Å². The molecule has 1 aliphatic rings. The summed E-state index contributed by atoms with van der Waals surface area (Å²) in [5.41, 5.74) is 2.80. The molecule has 0 spiro atoms. The smallest absolute Gasteiger partial charge is 0.338 e. The van der Waals surface area contributed by atoms with Crippen LogP contribution in [0.5, 0.6) is 11.5 Å². The number of carbonyl (C=O) groups is 1. The first-order chi connectivity index (χ1) is 21.6. The fraction of sp³-hybridized carbons (Fsp3) is 0.242. The summed E-state index contributed by atoms with van der Waals surface area (Å²) in [5, 5.41) is 10.9. The van der Waals surface area contributed by atoms with E-state index in [9.17, 15) is 19.7 Å². The number of carbonyl (C=O) groups excluding carboxylic acids is 1. The van der Waals surface area contributed by atoms with Crippen molar-refractivity contribution in [2.75, 3.05) is 13.4 Å². The monoisotopic (exact) mass is 645 g/mol. The molecule has 1 aliphatic heterocycles. The Hall–Kier alpha value is -4.68. The zero-order valence-electron chi connectivity index (χ0n) is 25.3. The fourth-order valence-electron chi connectivity index (χ4n) is 4.88. The van der Waals surface area contributed by atoms with E-state index in [2.05, 4.69) is 4.99 Å². The van der Waals surface area contributed by atoms with E-state index in [1.807, 2.05) is 30.5 Å². The lowest BCUT2D eigenvalue weighted by atomic mass is 9.96. The number of rotatable bonds is 10. The SMILES string of the molecule is COc1cc(/C=c2\sc3n(c2=O)[C@H](c2ccc(SC)cc2)C(C(=O)OC(C)C)=C(C)N=3)ccc1OCc1ccc([N+](=O)[O-])cc1. The van der Waals surface area contributed by atoms with E-state index in [-0.39, 0.29) is 24.0 Å². The molecule has 0 unspecified atom stereocenters. The van der Waals surface area contributed by atoms with Gasteiger partial charge in [0.2, 0.25) is 0 Å². The van der Waals surface area contributed by atoms with Crippen molar-refractivity contribution in [2.24, 2.45) is 4.99 Å². The van der Waals surface area contributed by atoms with Gasteiger partial charge < -0.3 is 14.2 Å². The maximum absolute atomic E-state index is 14.0. The number of non-ortho nitro benzene ring substituents is 1. The highest BCUT2D eigenvalue weighted by atomic mass is 32.2. The second kappa shape index (κ2) is 13.5. The van der Waals surface area contributed by atoms with Crippen LogP contribution in [0.25, 0.3) is 6.08 Å². The summed E-state index contributed by atoms with van der Waals surface area (Å²) < 4.78 is 19.1. The number of nitrogens with zero attached hydrogens (tertiary/aromatic N) is 3. The second-order valence-corrected chi connectivity index (χ2v) is 12.3. The predicted octanol–water partition coefficient (Wildman–Crippen LogP) is 5.40. The first-order valence-corrected chi connectivity index (χ1v) is 16.1. The Morgan fingerprint density at radius 3 is 2.44 bits per heavy atom. The van der Waals surface area contributed by atoms with Crippen LogP contribution in [0.3, 0.4) is 0 Å². The molecule has 3 aromatic carbocycles. The minimum Gasteiger partial charge on any atom is -0.493 e. The predicted molar refractivity (Wildman–Crippen MR) is 174 cm³/mol. The molecule has 2 heterocycles. The highest BCUT2D eigenvalue weighted by Gasteiger charge is 2.33. The van der Waals surface area contributed by atoms with Gasteiger partial charge in [-0.1, -0.05) is 29.5 Å². The number of ether oxygens (including phenoxy) is 3. The van der Waals surface area contributed by atoms with Gasteiger partial charge >= 0.3 is 5.97 Å². The third-order valence-corrected chi connectivity index (χ3v) is 8.77. The summed E-state index contributed by atoms with van der Waals surface area (Å²) in [5.74, 6) is 0.431. The third kappa shape index (κ3) is 6.86. The molecule has 12 heteroatoms. The average Bonchev–Trinajstić information content (AvgIpc) is 3.33. The highest BCUT2D eigenvalue weighted by molar-refractivity contribution is 7.98. The molecule has 0 radical (unpaired) electrons. The van der Waals surface area contributed by atoms with Crippen LogP contribution in [-0.4, -0.2) is 34.9 Å². The van der Waals surface area contributed by atoms with Gasteiger partial charge in [0.25, 0.3) is 11.2 Å². The maximum Gasteiger partial charge on any atom is 0.338 e. The molecule has 0 saturated carbocycles. The van der Waals surface area contributed by atoms with E-state index in [4.69, 9.17) is 14.2 Å². The summed E-state index contributed by atoms with van der Waals surface area (Å²) in [6.07, 6.45) is 3.41. The number of hydrogen-bond acceptors (Lipinski definition) is 10. The molecule has 0 N–H and O–H groups in total. The lowest BCUT2D eigenvalue weighted by Crippen LogP contribution is -2.40. The molecule has 0 bridgehead atoms. The summed E-state index contributed by atoms with van der Waals surface area (Å²) in [7, 11) is 1.52. The fourth-order valence-corrected chi connectivity index (χ4v) is 6.34. The molecule has 1 aromatic heterocycles. The molecular weight excluding hydrogens is 615 g/mol. The average molecular weight is 646 g/mol. The van der Waals surface area contributed by atoms with E-state index < -0.39 is 16.9 Å². The van der Waals surface area contributed by atoms with Gasteiger partial charge in [0.15, 0.2) is 16.3 Å². The first-order valence-electron chi connectivity index (χ1n) is 14.0. The van der Waals surface area contributed by atoms with Gasteiger partial charge in [-0.05, 0) is 86.2 Å². The van der Waals surface area contributed by atoms with Gasteiger partial charge in [0, 0.05) is 17.0 Å². The number of nitro groups is 1. The van der Waals surface area contributed by atoms with Crippen LogP contribution in [-0.2, 0) is 16.1 Å². The Labute approximate surface area is 267 Å². The van der Waals surface area contributed by atoms with Crippen molar-refractivity contribution in [1.29, 1.82) is 0 Å². The van der Waals surface area contributed by atoms with Crippen LogP contribution in [0.1, 0.15) is 43.5 Å². The number of fused-ring (bicyclic) bond motifs is 1. The van der Waals surface area contributed by atoms with Crippen LogP contribution in [0.4, 0.5) is 5.69 Å². The number of allylic oxidation sites excluding steroid dienone is 1. The van der Waals surface area contributed by atoms with Crippen LogP contribution in [0, 0.1) is 10.1 Å². The molecular formula is C33H31N3O7S2. The number of methoxy groups -OCH3 is 1. The lowest BCUT2D eigenvalue weighted by Gasteiger charge is -2.25. The Bertz CT molecular complexity index is 1960. The number of aromatic nitrogens is 1. The van der Waals surface area contributed by atoms with Crippen LogP contribution in [0.15, 0.2) is 92.7 Å². The number of esters is 1. The molecule has 0 saturated heterocycles. The minimum absolute atomic E-state index is 0.00709. The molecule has 0 amide bonds. The second-order valence-electron chi connectivity index (χ2n) is 10.4. The largest absolute Gasteiger partial charge is 0.493 e. The van der Waals surface area contributed by atoms with Gasteiger partial charge in [0.05, 0.1) is 40.0 Å². The van der Waals surface area contributed by atoms with Crippen LogP contribution < -0.4 is 24.4 Å². The molecule has 232 valence electrons. The number of thioether (sulfide) groups is 1. The molecule has 0 aliphatic carbocycles. The zero-order valence-corrected chi connectivity index (χ0v) is 26.9. The number of hydrogen-bond donors (Lipinski definition) is 0. The third-order valence-electron chi connectivity index (χ3n) is 7.04. The van der Waals surface area contributed by atoms with Crippen molar-refractivity contribution in [2.45, 2.75) is 44.4 Å². The molecule has 4 aromatic rings. The summed E-state index contributed by atoms with van der Waals surface area (Å²) >= 11 is 2.85. The van der Waals surface area contributed by atoms with E-state index in [1.165, 1.54) is 30.6 Å². The van der Waals surface area contributed by atoms with Gasteiger partial charge in [-0.2, -0.15) is 0 Å². The molecule has 10 nitrogen and oxygen atoms in total. The van der Waals surface area contributed by atoms with Gasteiger partial charge in [-0.25, -0.2) is 9.79 Å². The van der Waals surface area contributed by atoms with E-state index >= 15 is 0 Å². The number of thiazole rings is 1. The Balaban J connectivity index is 1.50. The Morgan fingerprint density at radius 2 is 1.82 bits per heavy atom. The van der Waals surface area contributed by atoms with E-state index in [0.717, 1.165) is 16.0 Å². The highest BCUT2D eigenvalue weighted by Crippen LogP contribution is 2.32. The minimum atomic E-state index is -0.699. The molecule has 5 rings (SSSR count). The van der Waals surface area contributed by atoms with Gasteiger partial charge in [0.1, 0.15) is 6.61 Å². The Kier molecular flexibility index (Phi) is 9.54. The van der Waals surface area contributed by atoms with Crippen LogP contribution in [0.2, 0.25) is 0 Å². The molecule has 45 heavy (non-hydrogen) atoms. The lowest BCUT2D eigenvalue weighted by molar-refractivity contribution is -0.384. The molecule has 1 atom stereocenters. The van der Waals surface area contributed by atoms with E-state index in [0.29, 0.717) is 37.7 Å². The molecule has 0 fully saturated rings. The standard InChI is InChI=1S/C33H31N3O7S2/c1-19(2)43-32(38)29-20(3)34-33-35(30(29)23-9-13-25(44-5)14-10-23)31(37)28(45-33)17-22-8-15-26(27(16-22)41-4)42-18-21-6-11-24(12-7-21)36(39)40/h6-17,19,30H,18H2,1-5H3/b28-17-/t30-/m1/s1. The topological polar surface area (TPSA) is 122 Å². The van der Waals surface area contributed by atoms with E-state index in [1.54, 1.807) is 73.5 Å².